The summed E-state index contributed by atoms with van der Waals surface area (Å²) in [4.78, 5) is 12.8. The van der Waals surface area contributed by atoms with Crippen molar-refractivity contribution in [3.05, 3.63) is 69.2 Å². The van der Waals surface area contributed by atoms with Gasteiger partial charge in [-0.1, -0.05) is 59.1 Å². The Kier molecular flexibility index (Phi) is 7.45. The monoisotopic (exact) mass is 468 g/mol. The van der Waals surface area contributed by atoms with Crippen LogP contribution in [-0.4, -0.2) is 31.7 Å². The molecule has 8 heteroatoms. The van der Waals surface area contributed by atoms with E-state index in [4.69, 9.17) is 23.2 Å². The molecule has 1 N–H and O–H groups in total. The van der Waals surface area contributed by atoms with Gasteiger partial charge in [-0.2, -0.15) is 0 Å². The molecule has 0 unspecified atom stereocenters. The van der Waals surface area contributed by atoms with E-state index in [9.17, 15) is 13.2 Å². The Hall–Kier alpha value is -1.60. The van der Waals surface area contributed by atoms with Crippen LogP contribution in [0.1, 0.15) is 42.5 Å². The fraction of sp³-hybridized carbons (Fsp3) is 0.409. The van der Waals surface area contributed by atoms with Gasteiger partial charge in [-0.05, 0) is 49.9 Å². The zero-order chi connectivity index (χ0) is 21.9. The number of carbonyl (C=O) groups is 1. The number of aryl methyl sites for hydroxylation is 1. The summed E-state index contributed by atoms with van der Waals surface area (Å²) in [6.07, 6.45) is 1.32. The summed E-state index contributed by atoms with van der Waals surface area (Å²) < 4.78 is 27.2. The summed E-state index contributed by atoms with van der Waals surface area (Å²) in [5.41, 5.74) is 2.75. The Balaban J connectivity index is 1.64. The third kappa shape index (κ3) is 5.76. The predicted molar refractivity (Wildman–Crippen MR) is 121 cm³/mol. The van der Waals surface area contributed by atoms with E-state index < -0.39 is 10.0 Å². The summed E-state index contributed by atoms with van der Waals surface area (Å²) >= 11 is 11.9. The van der Waals surface area contributed by atoms with E-state index in [0.29, 0.717) is 35.0 Å². The maximum absolute atomic E-state index is 12.9. The lowest BCUT2D eigenvalue weighted by Gasteiger charge is -2.32. The Bertz CT molecular complexity index is 1010. The van der Waals surface area contributed by atoms with Crippen molar-refractivity contribution in [2.24, 2.45) is 5.92 Å². The van der Waals surface area contributed by atoms with Crippen LogP contribution < -0.4 is 5.32 Å². The number of amides is 1. The van der Waals surface area contributed by atoms with E-state index in [1.807, 2.05) is 38.1 Å². The average molecular weight is 469 g/mol. The van der Waals surface area contributed by atoms with Gasteiger partial charge in [0.2, 0.25) is 15.9 Å². The minimum atomic E-state index is -3.57. The fourth-order valence-corrected chi connectivity index (χ4v) is 5.53. The van der Waals surface area contributed by atoms with E-state index >= 15 is 0 Å². The molecule has 5 nitrogen and oxygen atoms in total. The van der Waals surface area contributed by atoms with Gasteiger partial charge in [0.1, 0.15) is 0 Å². The number of nitrogens with zero attached hydrogens (tertiary/aromatic N) is 1. The highest BCUT2D eigenvalue weighted by Crippen LogP contribution is 2.26. The Labute approximate surface area is 188 Å². The molecule has 1 heterocycles. The molecule has 0 bridgehead atoms. The fourth-order valence-electron chi connectivity index (χ4n) is 3.61. The SMILES string of the molecule is Cc1ccc([C@@H](C)NC(=O)[C@@H]2CCCN(S(=O)(=O)Cc3ccc(Cl)c(Cl)c3)C2)cc1. The molecule has 0 saturated carbocycles. The molecule has 1 aliphatic rings. The van der Waals surface area contributed by atoms with Gasteiger partial charge >= 0.3 is 0 Å². The largest absolute Gasteiger partial charge is 0.349 e. The highest BCUT2D eigenvalue weighted by molar-refractivity contribution is 7.88. The predicted octanol–water partition coefficient (Wildman–Crippen LogP) is 4.72. The normalized spacial score (nSPS) is 18.7. The van der Waals surface area contributed by atoms with Crippen LogP contribution in [0.2, 0.25) is 10.0 Å². The molecular formula is C22H26Cl2N2O3S. The highest BCUT2D eigenvalue weighted by Gasteiger charge is 2.33. The van der Waals surface area contributed by atoms with E-state index in [-0.39, 0.29) is 30.2 Å². The first-order chi connectivity index (χ1) is 14.2. The van der Waals surface area contributed by atoms with Crippen LogP contribution in [0.25, 0.3) is 0 Å². The first-order valence-electron chi connectivity index (χ1n) is 9.94. The van der Waals surface area contributed by atoms with Crippen LogP contribution in [0.4, 0.5) is 0 Å². The van der Waals surface area contributed by atoms with Crippen molar-refractivity contribution in [1.29, 1.82) is 0 Å². The van der Waals surface area contributed by atoms with Gasteiger partial charge in [-0.25, -0.2) is 12.7 Å². The van der Waals surface area contributed by atoms with Gasteiger partial charge in [0.05, 0.1) is 27.8 Å². The molecule has 1 saturated heterocycles. The summed E-state index contributed by atoms with van der Waals surface area (Å²) in [6.45, 7) is 4.56. The zero-order valence-electron chi connectivity index (χ0n) is 17.1. The van der Waals surface area contributed by atoms with Crippen LogP contribution in [0.5, 0.6) is 0 Å². The van der Waals surface area contributed by atoms with Crippen molar-refractivity contribution in [3.8, 4) is 0 Å². The second-order valence-corrected chi connectivity index (χ2v) is 10.6. The molecule has 0 spiro atoms. The summed E-state index contributed by atoms with van der Waals surface area (Å²) in [6, 6.07) is 12.7. The van der Waals surface area contributed by atoms with Crippen molar-refractivity contribution < 1.29 is 13.2 Å². The number of hydrogen-bond acceptors (Lipinski definition) is 3. The summed E-state index contributed by atoms with van der Waals surface area (Å²) in [5, 5.41) is 3.74. The third-order valence-corrected chi connectivity index (χ3v) is 7.97. The first kappa shape index (κ1) is 23.1. The summed E-state index contributed by atoms with van der Waals surface area (Å²) in [7, 11) is -3.57. The number of sulfonamides is 1. The number of rotatable bonds is 6. The second-order valence-electron chi connectivity index (χ2n) is 7.84. The zero-order valence-corrected chi connectivity index (χ0v) is 19.4. The molecule has 0 radical (unpaired) electrons. The number of halogens is 2. The van der Waals surface area contributed by atoms with Crippen molar-refractivity contribution in [2.75, 3.05) is 13.1 Å². The number of carbonyl (C=O) groups excluding carboxylic acids is 1. The van der Waals surface area contributed by atoms with Gasteiger partial charge in [-0.15, -0.1) is 0 Å². The number of piperidine rings is 1. The molecule has 2 aromatic rings. The maximum Gasteiger partial charge on any atom is 0.224 e. The van der Waals surface area contributed by atoms with Gasteiger partial charge in [0, 0.05) is 13.1 Å². The first-order valence-corrected chi connectivity index (χ1v) is 12.3. The molecule has 1 fully saturated rings. The van der Waals surface area contributed by atoms with Crippen LogP contribution in [0, 0.1) is 12.8 Å². The molecule has 162 valence electrons. The molecule has 2 aromatic carbocycles. The maximum atomic E-state index is 12.9. The minimum absolute atomic E-state index is 0.113. The molecule has 0 aliphatic carbocycles. The van der Waals surface area contributed by atoms with Gasteiger partial charge < -0.3 is 5.32 Å². The topological polar surface area (TPSA) is 66.5 Å². The molecule has 0 aromatic heterocycles. The molecule has 1 amide bonds. The molecule has 30 heavy (non-hydrogen) atoms. The third-order valence-electron chi connectivity index (χ3n) is 5.42. The van der Waals surface area contributed by atoms with Crippen LogP contribution in [0.3, 0.4) is 0 Å². The van der Waals surface area contributed by atoms with Crippen molar-refractivity contribution in [2.45, 2.75) is 38.5 Å². The Morgan fingerprint density at radius 1 is 1.17 bits per heavy atom. The number of nitrogens with one attached hydrogen (secondary N) is 1. The number of hydrogen-bond donors (Lipinski definition) is 1. The summed E-state index contributed by atoms with van der Waals surface area (Å²) in [5.74, 6) is -0.648. The van der Waals surface area contributed by atoms with Crippen molar-refractivity contribution in [1.82, 2.24) is 9.62 Å². The highest BCUT2D eigenvalue weighted by atomic mass is 35.5. The van der Waals surface area contributed by atoms with Crippen molar-refractivity contribution >= 4 is 39.1 Å². The van der Waals surface area contributed by atoms with E-state index in [2.05, 4.69) is 5.32 Å². The molecular weight excluding hydrogens is 443 g/mol. The lowest BCUT2D eigenvalue weighted by Crippen LogP contribution is -2.46. The van der Waals surface area contributed by atoms with E-state index in [0.717, 1.165) is 11.1 Å². The quantitative estimate of drug-likeness (QED) is 0.666. The standard InChI is InChI=1S/C22H26Cl2N2O3S/c1-15-5-8-18(9-6-15)16(2)25-22(27)19-4-3-11-26(13-19)30(28,29)14-17-7-10-20(23)21(24)12-17/h5-10,12,16,19H,3-4,11,13-14H2,1-2H3,(H,25,27)/t16-,19-/m1/s1. The van der Waals surface area contributed by atoms with Gasteiger partial charge in [0.25, 0.3) is 0 Å². The second kappa shape index (κ2) is 9.69. The molecule has 1 aliphatic heterocycles. The van der Waals surface area contributed by atoms with Crippen molar-refractivity contribution in [3.63, 3.8) is 0 Å². The van der Waals surface area contributed by atoms with Crippen LogP contribution >= 0.6 is 23.2 Å². The lowest BCUT2D eigenvalue weighted by atomic mass is 9.97. The van der Waals surface area contributed by atoms with Crippen LogP contribution in [0.15, 0.2) is 42.5 Å². The number of benzene rings is 2. The average Bonchev–Trinajstić information content (AvgIpc) is 2.71. The Morgan fingerprint density at radius 3 is 2.53 bits per heavy atom. The van der Waals surface area contributed by atoms with Crippen LogP contribution in [-0.2, 0) is 20.6 Å². The minimum Gasteiger partial charge on any atom is -0.349 e. The molecule has 2 atom stereocenters. The lowest BCUT2D eigenvalue weighted by molar-refractivity contribution is -0.126. The smallest absolute Gasteiger partial charge is 0.224 e. The van der Waals surface area contributed by atoms with Gasteiger partial charge in [-0.3, -0.25) is 4.79 Å². The van der Waals surface area contributed by atoms with E-state index in [1.54, 1.807) is 18.2 Å². The Morgan fingerprint density at radius 2 is 1.87 bits per heavy atom. The molecule has 3 rings (SSSR count). The van der Waals surface area contributed by atoms with Gasteiger partial charge in [0.15, 0.2) is 0 Å². The van der Waals surface area contributed by atoms with E-state index in [1.165, 1.54) is 4.31 Å².